The van der Waals surface area contributed by atoms with Gasteiger partial charge in [-0.1, -0.05) is 20.8 Å². The highest BCUT2D eigenvalue weighted by Crippen LogP contribution is 2.37. The van der Waals surface area contributed by atoms with E-state index in [1.165, 1.54) is 4.90 Å². The zero-order valence-electron chi connectivity index (χ0n) is 24.8. The number of nitrogens with zero attached hydrogens (tertiary/aromatic N) is 2. The van der Waals surface area contributed by atoms with Crippen LogP contribution in [0.25, 0.3) is 0 Å². The van der Waals surface area contributed by atoms with Gasteiger partial charge in [0.15, 0.2) is 8.32 Å². The fourth-order valence-corrected chi connectivity index (χ4v) is 4.77. The van der Waals surface area contributed by atoms with Crippen LogP contribution in [0.4, 0.5) is 9.59 Å². The number of hydrogen-bond acceptors (Lipinski definition) is 8. The van der Waals surface area contributed by atoms with Crippen molar-refractivity contribution in [3.05, 3.63) is 0 Å². The third-order valence-electron chi connectivity index (χ3n) is 6.69. The molecular weight excluding hydrogens is 496 g/mol. The number of aliphatic hydroxyl groups excluding tert-OH is 3. The molecule has 0 saturated carbocycles. The van der Waals surface area contributed by atoms with Crippen LogP contribution in [0.5, 0.6) is 0 Å². The Morgan fingerprint density at radius 1 is 0.784 bits per heavy atom. The van der Waals surface area contributed by atoms with Crippen LogP contribution in [0, 0.1) is 0 Å². The molecule has 37 heavy (non-hydrogen) atoms. The lowest BCUT2D eigenvalue weighted by molar-refractivity contribution is 0.0157. The maximum absolute atomic E-state index is 12.3. The molecule has 0 spiro atoms. The first-order valence-corrected chi connectivity index (χ1v) is 16.1. The lowest BCUT2D eigenvalue weighted by atomic mass is 10.2. The predicted molar refractivity (Wildman–Crippen MR) is 145 cm³/mol. The average Bonchev–Trinajstić information content (AvgIpc) is 3.25. The fraction of sp³-hybridized carbons (Fsp3) is 0.923. The summed E-state index contributed by atoms with van der Waals surface area (Å²) < 4.78 is 16.8. The lowest BCUT2D eigenvalue weighted by Crippen LogP contribution is -2.46. The van der Waals surface area contributed by atoms with E-state index in [1.807, 2.05) is 20.8 Å². The zero-order chi connectivity index (χ0) is 29.0. The molecule has 0 bridgehead atoms. The minimum absolute atomic E-state index is 0.112. The first kappa shape index (κ1) is 33.6. The second-order valence-corrected chi connectivity index (χ2v) is 18.4. The quantitative estimate of drug-likeness (QED) is 0.453. The number of aliphatic hydroxyl groups is 3. The van der Waals surface area contributed by atoms with Crippen LogP contribution < -0.4 is 0 Å². The standard InChI is InChI=1S/C16H33NO4Si.C10H19NO4/c1-15(2,3)21-14(19)17-10-13(18)9-12(17)11-20-22(7,8)16(4,5)6;1-10(2,3)15-9(14)11-5-8(13)4-7(11)6-12/h12-13,18H,9-11H2,1-8H3;7-8,12-13H,4-6H2,1-3H3/t12-,13+;7-,8+/m00/s1. The Balaban J connectivity index is 0.000000397. The molecule has 2 saturated heterocycles. The maximum Gasteiger partial charge on any atom is 0.410 e. The van der Waals surface area contributed by atoms with E-state index in [0.717, 1.165) is 0 Å². The van der Waals surface area contributed by atoms with E-state index in [4.69, 9.17) is 19.0 Å². The summed E-state index contributed by atoms with van der Waals surface area (Å²) in [7, 11) is -1.87. The van der Waals surface area contributed by atoms with Crippen molar-refractivity contribution in [3.8, 4) is 0 Å². The molecule has 0 aromatic carbocycles. The number of β-amino-alcohol motifs (C(OH)–C–C–N with tert-alkyl or cyclic N) is 2. The molecule has 4 atom stereocenters. The van der Waals surface area contributed by atoms with E-state index in [9.17, 15) is 19.8 Å². The molecule has 2 aliphatic rings. The first-order chi connectivity index (χ1) is 16.6. The highest BCUT2D eigenvalue weighted by atomic mass is 28.4. The molecule has 3 N–H and O–H groups in total. The molecule has 10 nitrogen and oxygen atoms in total. The number of ether oxygens (including phenoxy) is 2. The highest BCUT2D eigenvalue weighted by Gasteiger charge is 2.41. The Kier molecular flexibility index (Phi) is 11.5. The van der Waals surface area contributed by atoms with Crippen LogP contribution in [-0.4, -0.2) is 107 Å². The Labute approximate surface area is 224 Å². The number of carbonyl (C=O) groups is 2. The van der Waals surface area contributed by atoms with Crippen molar-refractivity contribution in [3.63, 3.8) is 0 Å². The summed E-state index contributed by atoms with van der Waals surface area (Å²) in [6.45, 7) is 22.7. The summed E-state index contributed by atoms with van der Waals surface area (Å²) in [6, 6.07) is -0.436. The number of amides is 2. The number of hydrogen-bond donors (Lipinski definition) is 3. The van der Waals surface area contributed by atoms with E-state index in [0.29, 0.717) is 26.0 Å². The Bertz CT molecular complexity index is 757. The fourth-order valence-electron chi connectivity index (χ4n) is 3.72. The van der Waals surface area contributed by atoms with Gasteiger partial charge < -0.3 is 39.0 Å². The minimum Gasteiger partial charge on any atom is -0.444 e. The van der Waals surface area contributed by atoms with Crippen molar-refractivity contribution in [2.75, 3.05) is 26.3 Å². The summed E-state index contributed by atoms with van der Waals surface area (Å²) in [5.74, 6) is 0. The second kappa shape index (κ2) is 12.6. The van der Waals surface area contributed by atoms with Gasteiger partial charge in [0.25, 0.3) is 0 Å². The highest BCUT2D eigenvalue weighted by molar-refractivity contribution is 6.74. The third-order valence-corrected chi connectivity index (χ3v) is 11.2. The van der Waals surface area contributed by atoms with Gasteiger partial charge in [-0.2, -0.15) is 0 Å². The van der Waals surface area contributed by atoms with Gasteiger partial charge >= 0.3 is 12.2 Å². The summed E-state index contributed by atoms with van der Waals surface area (Å²) >= 11 is 0. The van der Waals surface area contributed by atoms with E-state index >= 15 is 0 Å². The van der Waals surface area contributed by atoms with Crippen LogP contribution >= 0.6 is 0 Å². The molecule has 2 rings (SSSR count). The monoisotopic (exact) mass is 548 g/mol. The number of likely N-dealkylation sites (tertiary alicyclic amines) is 2. The number of rotatable bonds is 4. The molecular formula is C26H52N2O8Si. The van der Waals surface area contributed by atoms with Crippen molar-refractivity contribution < 1.29 is 38.8 Å². The third kappa shape index (κ3) is 11.1. The van der Waals surface area contributed by atoms with Gasteiger partial charge in [-0.05, 0) is 72.5 Å². The van der Waals surface area contributed by atoms with Crippen molar-refractivity contribution in [1.82, 2.24) is 9.80 Å². The van der Waals surface area contributed by atoms with Gasteiger partial charge in [-0.15, -0.1) is 0 Å². The molecule has 0 unspecified atom stereocenters. The van der Waals surface area contributed by atoms with E-state index in [2.05, 4.69) is 33.9 Å². The molecule has 2 heterocycles. The van der Waals surface area contributed by atoms with Crippen LogP contribution in [0.3, 0.4) is 0 Å². The Morgan fingerprint density at radius 2 is 1.16 bits per heavy atom. The first-order valence-electron chi connectivity index (χ1n) is 13.2. The molecule has 2 fully saturated rings. The van der Waals surface area contributed by atoms with Gasteiger partial charge in [0.2, 0.25) is 0 Å². The summed E-state index contributed by atoms with van der Waals surface area (Å²) in [5.41, 5.74) is -1.08. The number of carbonyl (C=O) groups excluding carboxylic acids is 2. The molecule has 218 valence electrons. The van der Waals surface area contributed by atoms with Crippen LogP contribution in [0.15, 0.2) is 0 Å². The van der Waals surface area contributed by atoms with Crippen molar-refractivity contribution >= 4 is 20.5 Å². The normalized spacial score (nSPS) is 25.0. The Morgan fingerprint density at radius 3 is 1.51 bits per heavy atom. The van der Waals surface area contributed by atoms with Crippen LogP contribution in [-0.2, 0) is 13.9 Å². The maximum atomic E-state index is 12.3. The van der Waals surface area contributed by atoms with Gasteiger partial charge in [-0.25, -0.2) is 9.59 Å². The summed E-state index contributed by atoms with van der Waals surface area (Å²) in [6.07, 6.45) is -0.940. The average molecular weight is 549 g/mol. The van der Waals surface area contributed by atoms with Crippen LogP contribution in [0.1, 0.15) is 75.2 Å². The largest absolute Gasteiger partial charge is 0.444 e. The molecule has 2 amide bonds. The van der Waals surface area contributed by atoms with E-state index in [1.54, 1.807) is 25.7 Å². The van der Waals surface area contributed by atoms with E-state index in [-0.39, 0.29) is 36.4 Å². The summed E-state index contributed by atoms with van der Waals surface area (Å²) in [5, 5.41) is 28.5. The molecule has 0 aromatic heterocycles. The van der Waals surface area contributed by atoms with Gasteiger partial charge in [0, 0.05) is 0 Å². The molecule has 0 radical (unpaired) electrons. The van der Waals surface area contributed by atoms with Gasteiger partial charge in [-0.3, -0.25) is 0 Å². The molecule has 0 aromatic rings. The molecule has 0 aliphatic carbocycles. The van der Waals surface area contributed by atoms with Crippen LogP contribution in [0.2, 0.25) is 18.1 Å². The predicted octanol–water partition coefficient (Wildman–Crippen LogP) is 3.73. The van der Waals surface area contributed by atoms with Gasteiger partial charge in [0.1, 0.15) is 11.2 Å². The minimum atomic E-state index is -1.87. The Hall–Kier alpha value is -1.40. The van der Waals surface area contributed by atoms with Crippen molar-refractivity contribution in [2.24, 2.45) is 0 Å². The smallest absolute Gasteiger partial charge is 0.410 e. The molecule has 11 heteroatoms. The van der Waals surface area contributed by atoms with Crippen molar-refractivity contribution in [2.45, 2.75) is 129 Å². The SMILES string of the molecule is CC(C)(C)OC(=O)N1C[C@H](O)C[C@H]1CO.CC(C)(C)OC(=O)N1C[C@H](O)C[C@H]1CO[Si](C)(C)C(C)(C)C. The second-order valence-electron chi connectivity index (χ2n) is 13.6. The lowest BCUT2D eigenvalue weighted by Gasteiger charge is -2.38. The topological polar surface area (TPSA) is 129 Å². The van der Waals surface area contributed by atoms with E-state index < -0.39 is 37.8 Å². The summed E-state index contributed by atoms with van der Waals surface area (Å²) in [4.78, 5) is 26.9. The zero-order valence-corrected chi connectivity index (χ0v) is 25.8. The molecule has 2 aliphatic heterocycles. The van der Waals surface area contributed by atoms with Crippen molar-refractivity contribution in [1.29, 1.82) is 0 Å². The van der Waals surface area contributed by atoms with Gasteiger partial charge in [0.05, 0.1) is 50.6 Å².